The standard InChI is InChI=1S/C18H24F3N3O3S/c19-18(20,21)12-22-17(25)13-4-3-7-16(10-13)28(26,27)23-14-8-9-24(11-14)15-5-1-2-6-15/h3-4,7,10,14-15,23H,1-2,5-6,8-9,11-12H2,(H,22,25). The van der Waals surface area contributed by atoms with Gasteiger partial charge in [-0.1, -0.05) is 18.9 Å². The number of likely N-dealkylation sites (tertiary alicyclic amines) is 1. The highest BCUT2D eigenvalue weighted by molar-refractivity contribution is 7.89. The third-order valence-electron chi connectivity index (χ3n) is 5.24. The van der Waals surface area contributed by atoms with Gasteiger partial charge in [-0.3, -0.25) is 9.69 Å². The highest BCUT2D eigenvalue weighted by atomic mass is 32.2. The molecule has 28 heavy (non-hydrogen) atoms. The quantitative estimate of drug-likeness (QED) is 0.742. The van der Waals surface area contributed by atoms with E-state index in [9.17, 15) is 26.4 Å². The molecule has 2 fully saturated rings. The van der Waals surface area contributed by atoms with Crippen molar-refractivity contribution in [3.8, 4) is 0 Å². The van der Waals surface area contributed by atoms with Crippen LogP contribution in [-0.4, -0.2) is 57.1 Å². The molecule has 1 aliphatic carbocycles. The normalized spacial score (nSPS) is 21.9. The smallest absolute Gasteiger partial charge is 0.343 e. The Hall–Kier alpha value is -1.65. The zero-order valence-corrected chi connectivity index (χ0v) is 16.2. The van der Waals surface area contributed by atoms with Crippen molar-refractivity contribution >= 4 is 15.9 Å². The van der Waals surface area contributed by atoms with Gasteiger partial charge in [0.1, 0.15) is 6.54 Å². The van der Waals surface area contributed by atoms with Crippen molar-refractivity contribution in [2.75, 3.05) is 19.6 Å². The van der Waals surface area contributed by atoms with Gasteiger partial charge in [0.05, 0.1) is 4.90 Å². The molecule has 1 saturated heterocycles. The Morgan fingerprint density at radius 3 is 2.57 bits per heavy atom. The molecule has 1 aromatic rings. The number of sulfonamides is 1. The fraction of sp³-hybridized carbons (Fsp3) is 0.611. The van der Waals surface area contributed by atoms with E-state index in [2.05, 4.69) is 9.62 Å². The summed E-state index contributed by atoms with van der Waals surface area (Å²) in [4.78, 5) is 14.1. The summed E-state index contributed by atoms with van der Waals surface area (Å²) in [6.07, 6.45) is 0.890. The number of carbonyl (C=O) groups excluding carboxylic acids is 1. The molecule has 1 saturated carbocycles. The third kappa shape index (κ3) is 5.45. The van der Waals surface area contributed by atoms with Crippen LogP contribution in [0, 0.1) is 0 Å². The number of amides is 1. The molecule has 1 aliphatic heterocycles. The van der Waals surface area contributed by atoms with Crippen LogP contribution < -0.4 is 10.0 Å². The lowest BCUT2D eigenvalue weighted by Crippen LogP contribution is -2.39. The topological polar surface area (TPSA) is 78.5 Å². The summed E-state index contributed by atoms with van der Waals surface area (Å²) >= 11 is 0. The summed E-state index contributed by atoms with van der Waals surface area (Å²) in [5.74, 6) is -0.970. The molecule has 6 nitrogen and oxygen atoms in total. The van der Waals surface area contributed by atoms with Gasteiger partial charge in [0.2, 0.25) is 10.0 Å². The van der Waals surface area contributed by atoms with Crippen LogP contribution in [0.3, 0.4) is 0 Å². The summed E-state index contributed by atoms with van der Waals surface area (Å²) in [5.41, 5.74) is -0.133. The van der Waals surface area contributed by atoms with Crippen molar-refractivity contribution < 1.29 is 26.4 Å². The summed E-state index contributed by atoms with van der Waals surface area (Å²) in [6.45, 7) is 0.0214. The predicted molar refractivity (Wildman–Crippen MR) is 97.4 cm³/mol. The Morgan fingerprint density at radius 2 is 1.89 bits per heavy atom. The van der Waals surface area contributed by atoms with Gasteiger partial charge in [-0.05, 0) is 37.5 Å². The monoisotopic (exact) mass is 419 g/mol. The molecule has 2 aliphatic rings. The minimum Gasteiger partial charge on any atom is -0.343 e. The highest BCUT2D eigenvalue weighted by Gasteiger charge is 2.32. The number of benzene rings is 1. The second-order valence-electron chi connectivity index (χ2n) is 7.37. The summed E-state index contributed by atoms with van der Waals surface area (Å²) in [6, 6.07) is 5.35. The maximum absolute atomic E-state index is 12.7. The summed E-state index contributed by atoms with van der Waals surface area (Å²) in [5, 5.41) is 1.74. The number of carbonyl (C=O) groups is 1. The first-order valence-electron chi connectivity index (χ1n) is 9.35. The summed E-state index contributed by atoms with van der Waals surface area (Å²) < 4.78 is 64.7. The zero-order valence-electron chi connectivity index (χ0n) is 15.3. The molecule has 0 spiro atoms. The lowest BCUT2D eigenvalue weighted by Gasteiger charge is -2.23. The molecule has 3 rings (SSSR count). The van der Waals surface area contributed by atoms with E-state index >= 15 is 0 Å². The highest BCUT2D eigenvalue weighted by Crippen LogP contribution is 2.27. The van der Waals surface area contributed by atoms with E-state index in [1.54, 1.807) is 5.32 Å². The Kier molecular flexibility index (Phi) is 6.31. The Labute approximate surface area is 162 Å². The van der Waals surface area contributed by atoms with Gasteiger partial charge < -0.3 is 5.32 Å². The fourth-order valence-electron chi connectivity index (χ4n) is 3.86. The molecule has 1 atom stereocenters. The third-order valence-corrected chi connectivity index (χ3v) is 6.76. The van der Waals surface area contributed by atoms with E-state index in [0.717, 1.165) is 25.5 Å². The van der Waals surface area contributed by atoms with Gasteiger partial charge in [-0.2, -0.15) is 13.2 Å². The number of nitrogens with zero attached hydrogens (tertiary/aromatic N) is 1. The first-order valence-corrected chi connectivity index (χ1v) is 10.8. The Morgan fingerprint density at radius 1 is 1.18 bits per heavy atom. The molecular weight excluding hydrogens is 395 g/mol. The Bertz CT molecular complexity index is 808. The number of halogens is 3. The molecule has 0 aromatic heterocycles. The van der Waals surface area contributed by atoms with Gasteiger partial charge in [-0.25, -0.2) is 13.1 Å². The number of hydrogen-bond acceptors (Lipinski definition) is 4. The predicted octanol–water partition coefficient (Wildman–Crippen LogP) is 2.27. The fourth-order valence-corrected chi connectivity index (χ4v) is 5.17. The van der Waals surface area contributed by atoms with E-state index in [-0.39, 0.29) is 16.5 Å². The average Bonchev–Trinajstić information content (AvgIpc) is 3.30. The molecule has 1 aromatic carbocycles. The minimum atomic E-state index is -4.53. The molecule has 2 N–H and O–H groups in total. The van der Waals surface area contributed by atoms with Crippen LogP contribution >= 0.6 is 0 Å². The molecular formula is C18H24F3N3O3S. The van der Waals surface area contributed by atoms with Crippen molar-refractivity contribution in [3.63, 3.8) is 0 Å². The number of rotatable bonds is 6. The average molecular weight is 419 g/mol. The van der Waals surface area contributed by atoms with Crippen LogP contribution in [0.5, 0.6) is 0 Å². The van der Waals surface area contributed by atoms with Gasteiger partial charge in [0.15, 0.2) is 0 Å². The van der Waals surface area contributed by atoms with E-state index in [1.165, 1.54) is 31.0 Å². The van der Waals surface area contributed by atoms with Crippen LogP contribution in [0.1, 0.15) is 42.5 Å². The SMILES string of the molecule is O=C(NCC(F)(F)F)c1cccc(S(=O)(=O)NC2CCN(C3CCCC3)C2)c1. The van der Waals surface area contributed by atoms with Crippen LogP contribution in [-0.2, 0) is 10.0 Å². The van der Waals surface area contributed by atoms with Crippen LogP contribution in [0.2, 0.25) is 0 Å². The molecule has 0 radical (unpaired) electrons. The summed E-state index contributed by atoms with van der Waals surface area (Å²) in [7, 11) is -3.87. The van der Waals surface area contributed by atoms with Crippen molar-refractivity contribution in [2.24, 2.45) is 0 Å². The maximum Gasteiger partial charge on any atom is 0.405 e. The van der Waals surface area contributed by atoms with Crippen LogP contribution in [0.25, 0.3) is 0 Å². The lowest BCUT2D eigenvalue weighted by molar-refractivity contribution is -0.123. The van der Waals surface area contributed by atoms with E-state index < -0.39 is 28.7 Å². The molecule has 0 bridgehead atoms. The minimum absolute atomic E-state index is 0.133. The first kappa shape index (κ1) is 21.1. The van der Waals surface area contributed by atoms with Gasteiger partial charge in [0.25, 0.3) is 5.91 Å². The molecule has 10 heteroatoms. The van der Waals surface area contributed by atoms with E-state index in [0.29, 0.717) is 19.0 Å². The van der Waals surface area contributed by atoms with E-state index in [1.807, 2.05) is 0 Å². The molecule has 1 heterocycles. The van der Waals surface area contributed by atoms with Crippen molar-refractivity contribution in [2.45, 2.75) is 55.3 Å². The lowest BCUT2D eigenvalue weighted by atomic mass is 10.2. The van der Waals surface area contributed by atoms with E-state index in [4.69, 9.17) is 0 Å². The van der Waals surface area contributed by atoms with Gasteiger partial charge >= 0.3 is 6.18 Å². The van der Waals surface area contributed by atoms with Gasteiger partial charge in [-0.15, -0.1) is 0 Å². The van der Waals surface area contributed by atoms with Crippen molar-refractivity contribution in [3.05, 3.63) is 29.8 Å². The second kappa shape index (κ2) is 8.38. The van der Waals surface area contributed by atoms with Gasteiger partial charge in [0, 0.05) is 30.7 Å². The molecule has 1 amide bonds. The molecule has 1 unspecified atom stereocenters. The molecule has 156 valence electrons. The maximum atomic E-state index is 12.7. The number of hydrogen-bond donors (Lipinski definition) is 2. The zero-order chi connectivity index (χ0) is 20.4. The number of nitrogens with one attached hydrogen (secondary N) is 2. The first-order chi connectivity index (χ1) is 13.1. The largest absolute Gasteiger partial charge is 0.405 e. The van der Waals surface area contributed by atoms with Crippen LogP contribution in [0.4, 0.5) is 13.2 Å². The second-order valence-corrected chi connectivity index (χ2v) is 9.08. The van der Waals surface area contributed by atoms with Crippen LogP contribution in [0.15, 0.2) is 29.2 Å². The number of alkyl halides is 3. The Balaban J connectivity index is 1.63. The van der Waals surface area contributed by atoms with Crippen molar-refractivity contribution in [1.82, 2.24) is 14.9 Å². The van der Waals surface area contributed by atoms with Crippen molar-refractivity contribution in [1.29, 1.82) is 0 Å².